The molecule has 0 rings (SSSR count). The van der Waals surface area contributed by atoms with Crippen LogP contribution in [0.5, 0.6) is 0 Å². The van der Waals surface area contributed by atoms with Crippen molar-refractivity contribution in [1.29, 1.82) is 0 Å². The highest BCUT2D eigenvalue weighted by Gasteiger charge is 2.22. The number of carbonyl (C=O) groups is 1. The first-order valence-electron chi connectivity index (χ1n) is 4.40. The normalized spacial score (nSPS) is 13.4. The summed E-state index contributed by atoms with van der Waals surface area (Å²) in [6.45, 7) is 6.94. The van der Waals surface area contributed by atoms with Crippen molar-refractivity contribution >= 4 is 17.4 Å². The molecule has 0 aliphatic rings. The lowest BCUT2D eigenvalue weighted by molar-refractivity contribution is -0.186. The lowest BCUT2D eigenvalue weighted by Crippen LogP contribution is -2.21. The van der Waals surface area contributed by atoms with Gasteiger partial charge >= 0.3 is 5.97 Å². The number of carbonyl (C=O) groups excluding carboxylic acids is 1. The van der Waals surface area contributed by atoms with Crippen LogP contribution in [0, 0.1) is 5.92 Å². The van der Waals surface area contributed by atoms with Crippen LogP contribution in [0.1, 0.15) is 34.1 Å². The summed E-state index contributed by atoms with van der Waals surface area (Å²) in [4.78, 5) is 14.1. The summed E-state index contributed by atoms with van der Waals surface area (Å²) < 4.78 is 11.6. The second-order valence-corrected chi connectivity index (χ2v) is 3.15. The molecule has 0 aromatic heterocycles. The maximum atomic E-state index is 11.6. The van der Waals surface area contributed by atoms with Gasteiger partial charge in [0.15, 0.2) is 0 Å². The molecule has 0 radical (unpaired) electrons. The van der Waals surface area contributed by atoms with Crippen LogP contribution in [0.2, 0.25) is 0 Å². The molecule has 0 bridgehead atoms. The van der Waals surface area contributed by atoms with Gasteiger partial charge in [-0.2, -0.15) is 10.2 Å². The molecule has 1 atom stereocenters. The molecule has 0 fully saturated rings. The maximum Gasteiger partial charge on any atom is 0.357 e. The van der Waals surface area contributed by atoms with Crippen molar-refractivity contribution in [3.8, 4) is 0 Å². The number of hydrogen-bond donors (Lipinski definition) is 0. The Balaban J connectivity index is 4.61. The Kier molecular flexibility index (Phi) is 5.67. The summed E-state index contributed by atoms with van der Waals surface area (Å²) in [6.07, 6.45) is 0.441. The molecule has 5 heteroatoms. The van der Waals surface area contributed by atoms with Crippen molar-refractivity contribution in [2.45, 2.75) is 34.1 Å². The quantitative estimate of drug-likeness (QED) is 0.518. The van der Waals surface area contributed by atoms with Crippen LogP contribution in [0.25, 0.3) is 0 Å². The number of hydrogen-bond acceptors (Lipinski definition) is 4. The Bertz CT molecular complexity index is 258. The summed E-state index contributed by atoms with van der Waals surface area (Å²) in [7, 11) is 0. The van der Waals surface area contributed by atoms with Gasteiger partial charge in [-0.1, -0.05) is 6.92 Å². The van der Waals surface area contributed by atoms with E-state index in [9.17, 15) is 9.32 Å². The third-order valence-electron chi connectivity index (χ3n) is 1.68. The first-order valence-corrected chi connectivity index (χ1v) is 4.40. The lowest BCUT2D eigenvalue weighted by Gasteiger charge is -2.07. The van der Waals surface area contributed by atoms with E-state index in [1.807, 2.05) is 0 Å². The zero-order valence-electron chi connectivity index (χ0n) is 8.87. The summed E-state index contributed by atoms with van der Waals surface area (Å²) in [5.41, 5.74) is 1.23. The fourth-order valence-corrected chi connectivity index (χ4v) is 0.935. The van der Waals surface area contributed by atoms with Gasteiger partial charge in [-0.15, -0.1) is 0 Å². The van der Waals surface area contributed by atoms with Gasteiger partial charge in [0.1, 0.15) is 5.92 Å². The van der Waals surface area contributed by atoms with Crippen molar-refractivity contribution < 1.29 is 14.3 Å². The molecule has 0 N–H and O–H groups in total. The molecule has 80 valence electrons. The maximum absolute atomic E-state index is 11.6. The van der Waals surface area contributed by atoms with E-state index >= 15 is 0 Å². The highest BCUT2D eigenvalue weighted by Crippen LogP contribution is 2.08. The van der Waals surface area contributed by atoms with Gasteiger partial charge in [0.25, 0.3) is 0 Å². The number of nitrogens with zero attached hydrogens (tertiary/aromatic N) is 2. The van der Waals surface area contributed by atoms with Crippen molar-refractivity contribution in [2.75, 3.05) is 0 Å². The minimum Gasteiger partial charge on any atom is -0.254 e. The Morgan fingerprint density at radius 2 is 1.93 bits per heavy atom. The second kappa shape index (κ2) is 6.23. The predicted octanol–water partition coefficient (Wildman–Crippen LogP) is 2.30. The Morgan fingerprint density at radius 1 is 1.36 bits per heavy atom. The Morgan fingerprint density at radius 3 is 2.29 bits per heavy atom. The highest BCUT2D eigenvalue weighted by molar-refractivity contribution is 6.00. The summed E-state index contributed by atoms with van der Waals surface area (Å²) in [6, 6.07) is 0. The fraction of sp³-hybridized carbons (Fsp3) is 0.667. The molecule has 0 saturated heterocycles. The molecule has 0 aliphatic carbocycles. The van der Waals surface area contributed by atoms with Crippen molar-refractivity contribution in [3.63, 3.8) is 0 Å². The predicted molar refractivity (Wildman–Crippen MR) is 52.9 cm³/mol. The smallest absolute Gasteiger partial charge is 0.254 e. The summed E-state index contributed by atoms with van der Waals surface area (Å²) in [5, 5.41) is 7.59. The zero-order valence-corrected chi connectivity index (χ0v) is 8.87. The Labute approximate surface area is 82.8 Å². The van der Waals surface area contributed by atoms with Gasteiger partial charge in [-0.05, 0) is 27.2 Å². The van der Waals surface area contributed by atoms with Crippen LogP contribution in [0.15, 0.2) is 10.2 Å². The summed E-state index contributed by atoms with van der Waals surface area (Å²) >= 11 is 0. The van der Waals surface area contributed by atoms with Crippen molar-refractivity contribution in [2.24, 2.45) is 16.1 Å². The summed E-state index contributed by atoms with van der Waals surface area (Å²) in [5.74, 6) is -1.57. The molecular weight excluding hydrogens is 187 g/mol. The van der Waals surface area contributed by atoms with E-state index in [0.717, 1.165) is 5.71 Å². The third-order valence-corrected chi connectivity index (χ3v) is 1.68. The molecule has 1 unspecified atom stereocenters. The molecule has 0 amide bonds. The average molecular weight is 202 g/mol. The van der Waals surface area contributed by atoms with Gasteiger partial charge in [-0.25, -0.2) is 4.79 Å². The fourth-order valence-electron chi connectivity index (χ4n) is 0.935. The topological polar surface area (TPSA) is 51.0 Å². The van der Waals surface area contributed by atoms with E-state index in [4.69, 9.17) is 0 Å². The molecule has 0 aromatic rings. The van der Waals surface area contributed by atoms with Gasteiger partial charge < -0.3 is 0 Å². The van der Waals surface area contributed by atoms with Gasteiger partial charge in [0.05, 0.1) is 5.71 Å². The zero-order chi connectivity index (χ0) is 11.1. The van der Waals surface area contributed by atoms with Crippen molar-refractivity contribution in [3.05, 3.63) is 0 Å². The molecule has 0 saturated carbocycles. The molecule has 0 heterocycles. The van der Waals surface area contributed by atoms with E-state index in [0.29, 0.717) is 12.1 Å². The molecule has 4 nitrogen and oxygen atoms in total. The molecular formula is C9H15FN2O2. The van der Waals surface area contributed by atoms with E-state index in [-0.39, 0.29) is 0 Å². The molecule has 14 heavy (non-hydrogen) atoms. The van der Waals surface area contributed by atoms with Gasteiger partial charge in [0, 0.05) is 10.2 Å². The third kappa shape index (κ3) is 4.11. The van der Waals surface area contributed by atoms with Crippen LogP contribution in [-0.2, 0) is 9.74 Å². The molecule has 0 spiro atoms. The van der Waals surface area contributed by atoms with Crippen LogP contribution >= 0.6 is 0 Å². The van der Waals surface area contributed by atoms with E-state index < -0.39 is 11.9 Å². The van der Waals surface area contributed by atoms with E-state index in [1.165, 1.54) is 0 Å². The van der Waals surface area contributed by atoms with Crippen molar-refractivity contribution in [1.82, 2.24) is 0 Å². The lowest BCUT2D eigenvalue weighted by atomic mass is 10.0. The largest absolute Gasteiger partial charge is 0.357 e. The standard InChI is InChI=1S/C9H15FN2O2/c1-5-8(9(13)14-10)7(4)12-11-6(2)3/h8H,5H2,1-4H3. The van der Waals surface area contributed by atoms with E-state index in [1.54, 1.807) is 27.7 Å². The van der Waals surface area contributed by atoms with Gasteiger partial charge in [0.2, 0.25) is 0 Å². The Hall–Kier alpha value is -1.26. The van der Waals surface area contributed by atoms with Crippen LogP contribution in [0.3, 0.4) is 0 Å². The van der Waals surface area contributed by atoms with E-state index in [2.05, 4.69) is 15.1 Å². The van der Waals surface area contributed by atoms with Crippen LogP contribution in [0.4, 0.5) is 4.53 Å². The molecule has 0 aromatic carbocycles. The van der Waals surface area contributed by atoms with Gasteiger partial charge in [-0.3, -0.25) is 4.94 Å². The second-order valence-electron chi connectivity index (χ2n) is 3.15. The monoisotopic (exact) mass is 202 g/mol. The number of rotatable bonds is 4. The minimum absolute atomic E-state index is 0.441. The number of halogens is 1. The van der Waals surface area contributed by atoms with Crippen LogP contribution in [-0.4, -0.2) is 17.4 Å². The first kappa shape index (κ1) is 12.7. The van der Waals surface area contributed by atoms with Crippen LogP contribution < -0.4 is 0 Å². The average Bonchev–Trinajstić information content (AvgIpc) is 2.15. The highest BCUT2D eigenvalue weighted by atomic mass is 19.3. The first-order chi connectivity index (χ1) is 6.52. The molecule has 0 aliphatic heterocycles. The SMILES string of the molecule is CCC(C(=O)OF)C(C)=NN=C(C)C. The minimum atomic E-state index is -0.919.